The third-order valence-electron chi connectivity index (χ3n) is 2.62. The van der Waals surface area contributed by atoms with Gasteiger partial charge in [0.15, 0.2) is 0 Å². The minimum atomic E-state index is -0.546. The Kier molecular flexibility index (Phi) is 7.61. The highest BCUT2D eigenvalue weighted by Gasteiger charge is 2.19. The van der Waals surface area contributed by atoms with Gasteiger partial charge in [-0.3, -0.25) is 4.79 Å². The Hall–Kier alpha value is -0.990. The SMILES string of the molecule is NC(=O)NCCC[C@H](I)C(=O)OCC1CCC=CO1. The standard InChI is InChI=1S/C12H19IN2O4/c13-10(5-3-6-15-12(14)17)11(16)19-8-9-4-1-2-7-18-9/h2,7,9-10H,1,3-6,8H2,(H3,14,15,17)/t9?,10-/m0/s1. The van der Waals surface area contributed by atoms with E-state index in [0.29, 0.717) is 26.0 Å². The van der Waals surface area contributed by atoms with Crippen molar-refractivity contribution in [3.8, 4) is 0 Å². The van der Waals surface area contributed by atoms with Crippen LogP contribution in [-0.4, -0.2) is 35.2 Å². The van der Waals surface area contributed by atoms with Gasteiger partial charge in [-0.05, 0) is 31.8 Å². The smallest absolute Gasteiger partial charge is 0.319 e. The summed E-state index contributed by atoms with van der Waals surface area (Å²) in [5, 5.41) is 2.48. The molecule has 2 amide bonds. The molecule has 0 bridgehead atoms. The molecule has 1 unspecified atom stereocenters. The number of hydrogen-bond acceptors (Lipinski definition) is 4. The average molecular weight is 382 g/mol. The lowest BCUT2D eigenvalue weighted by Crippen LogP contribution is -2.31. The van der Waals surface area contributed by atoms with E-state index in [-0.39, 0.29) is 16.0 Å². The topological polar surface area (TPSA) is 90.7 Å². The number of nitrogens with two attached hydrogens (primary N) is 1. The molecule has 0 aliphatic carbocycles. The van der Waals surface area contributed by atoms with Gasteiger partial charge < -0.3 is 20.5 Å². The lowest BCUT2D eigenvalue weighted by molar-refractivity contribution is -0.146. The number of carbonyl (C=O) groups excluding carboxylic acids is 2. The quantitative estimate of drug-likeness (QED) is 0.302. The average Bonchev–Trinajstić information content (AvgIpc) is 2.41. The molecule has 0 saturated carbocycles. The van der Waals surface area contributed by atoms with Gasteiger partial charge in [0.1, 0.15) is 16.6 Å². The number of primary amides is 1. The highest BCUT2D eigenvalue weighted by Crippen LogP contribution is 2.14. The summed E-state index contributed by atoms with van der Waals surface area (Å²) in [6.07, 6.45) is 6.73. The Balaban J connectivity index is 2.10. The van der Waals surface area contributed by atoms with E-state index in [1.165, 1.54) is 0 Å². The monoisotopic (exact) mass is 382 g/mol. The van der Waals surface area contributed by atoms with Crippen LogP contribution >= 0.6 is 22.6 Å². The van der Waals surface area contributed by atoms with Crippen molar-refractivity contribution in [1.29, 1.82) is 0 Å². The molecule has 0 saturated heterocycles. The summed E-state index contributed by atoms with van der Waals surface area (Å²) < 4.78 is 10.3. The van der Waals surface area contributed by atoms with E-state index in [1.807, 2.05) is 28.7 Å². The number of esters is 1. The van der Waals surface area contributed by atoms with E-state index in [1.54, 1.807) is 6.26 Å². The molecule has 1 aliphatic rings. The molecule has 2 atom stereocenters. The number of carbonyl (C=O) groups is 2. The van der Waals surface area contributed by atoms with Crippen molar-refractivity contribution >= 4 is 34.6 Å². The van der Waals surface area contributed by atoms with Crippen molar-refractivity contribution in [1.82, 2.24) is 5.32 Å². The van der Waals surface area contributed by atoms with Crippen LogP contribution in [0.5, 0.6) is 0 Å². The fraction of sp³-hybridized carbons (Fsp3) is 0.667. The predicted octanol–water partition coefficient (Wildman–Crippen LogP) is 1.47. The van der Waals surface area contributed by atoms with E-state index < -0.39 is 6.03 Å². The molecular weight excluding hydrogens is 363 g/mol. The van der Waals surface area contributed by atoms with Crippen LogP contribution in [-0.2, 0) is 14.3 Å². The van der Waals surface area contributed by atoms with Crippen LogP contribution in [0, 0.1) is 0 Å². The maximum absolute atomic E-state index is 11.7. The predicted molar refractivity (Wildman–Crippen MR) is 78.8 cm³/mol. The van der Waals surface area contributed by atoms with Crippen molar-refractivity contribution in [2.75, 3.05) is 13.2 Å². The summed E-state index contributed by atoms with van der Waals surface area (Å²) in [5.41, 5.74) is 4.94. The number of halogens is 1. The molecule has 0 spiro atoms. The summed E-state index contributed by atoms with van der Waals surface area (Å²) in [5.74, 6) is -0.238. The molecule has 0 aromatic carbocycles. The fourth-order valence-corrected chi connectivity index (χ4v) is 2.20. The number of hydrogen-bond donors (Lipinski definition) is 2. The van der Waals surface area contributed by atoms with Gasteiger partial charge in [-0.15, -0.1) is 0 Å². The highest BCUT2D eigenvalue weighted by atomic mass is 127. The van der Waals surface area contributed by atoms with Gasteiger partial charge in [-0.25, -0.2) is 4.79 Å². The minimum absolute atomic E-state index is 0.0333. The summed E-state index contributed by atoms with van der Waals surface area (Å²) in [6, 6.07) is -0.546. The van der Waals surface area contributed by atoms with Crippen LogP contribution in [0.1, 0.15) is 25.7 Å². The fourth-order valence-electron chi connectivity index (χ4n) is 1.58. The van der Waals surface area contributed by atoms with E-state index in [2.05, 4.69) is 5.32 Å². The zero-order valence-electron chi connectivity index (χ0n) is 10.6. The number of urea groups is 1. The molecule has 6 nitrogen and oxygen atoms in total. The molecule has 7 heteroatoms. The van der Waals surface area contributed by atoms with Crippen molar-refractivity contribution in [3.05, 3.63) is 12.3 Å². The number of nitrogens with one attached hydrogen (secondary N) is 1. The van der Waals surface area contributed by atoms with E-state index in [0.717, 1.165) is 12.8 Å². The van der Waals surface area contributed by atoms with Gasteiger partial charge in [0.05, 0.1) is 6.26 Å². The zero-order chi connectivity index (χ0) is 14.1. The van der Waals surface area contributed by atoms with Gasteiger partial charge in [-0.1, -0.05) is 22.6 Å². The van der Waals surface area contributed by atoms with Crippen LogP contribution in [0.2, 0.25) is 0 Å². The molecular formula is C12H19IN2O4. The van der Waals surface area contributed by atoms with Crippen LogP contribution in [0.3, 0.4) is 0 Å². The first-order valence-electron chi connectivity index (χ1n) is 6.24. The molecule has 3 N–H and O–H groups in total. The first-order valence-corrected chi connectivity index (χ1v) is 7.48. The molecule has 0 radical (unpaired) electrons. The maximum atomic E-state index is 11.7. The van der Waals surface area contributed by atoms with Crippen LogP contribution in [0.15, 0.2) is 12.3 Å². The maximum Gasteiger partial charge on any atom is 0.319 e. The first-order chi connectivity index (χ1) is 9.09. The Morgan fingerprint density at radius 3 is 3.00 bits per heavy atom. The van der Waals surface area contributed by atoms with Crippen molar-refractivity contribution in [2.45, 2.75) is 35.7 Å². The van der Waals surface area contributed by atoms with Crippen molar-refractivity contribution in [2.24, 2.45) is 5.73 Å². The number of allylic oxidation sites excluding steroid dienone is 1. The Bertz CT molecular complexity index is 336. The number of ether oxygens (including phenoxy) is 2. The molecule has 1 aliphatic heterocycles. The molecule has 1 rings (SSSR count). The molecule has 1 heterocycles. The van der Waals surface area contributed by atoms with Crippen molar-refractivity contribution < 1.29 is 19.1 Å². The molecule has 0 aromatic rings. The zero-order valence-corrected chi connectivity index (χ0v) is 12.8. The summed E-state index contributed by atoms with van der Waals surface area (Å²) in [6.45, 7) is 0.765. The molecule has 108 valence electrons. The lowest BCUT2D eigenvalue weighted by Gasteiger charge is -2.19. The highest BCUT2D eigenvalue weighted by molar-refractivity contribution is 14.1. The number of amides is 2. The van der Waals surface area contributed by atoms with Gasteiger partial charge in [0.25, 0.3) is 0 Å². The van der Waals surface area contributed by atoms with Gasteiger partial charge in [0, 0.05) is 6.54 Å². The summed E-state index contributed by atoms with van der Waals surface area (Å²) in [4.78, 5) is 22.2. The van der Waals surface area contributed by atoms with Crippen LogP contribution < -0.4 is 11.1 Å². The second kappa shape index (κ2) is 9.00. The van der Waals surface area contributed by atoms with Crippen LogP contribution in [0.4, 0.5) is 4.79 Å². The molecule has 0 aromatic heterocycles. The van der Waals surface area contributed by atoms with Gasteiger partial charge >= 0.3 is 12.0 Å². The van der Waals surface area contributed by atoms with Crippen molar-refractivity contribution in [3.63, 3.8) is 0 Å². The molecule has 0 fully saturated rings. The largest absolute Gasteiger partial charge is 0.495 e. The van der Waals surface area contributed by atoms with E-state index in [9.17, 15) is 9.59 Å². The lowest BCUT2D eigenvalue weighted by atomic mass is 10.2. The Morgan fingerprint density at radius 1 is 1.58 bits per heavy atom. The van der Waals surface area contributed by atoms with Gasteiger partial charge in [0.2, 0.25) is 0 Å². The Labute approximate surface area is 126 Å². The second-order valence-corrected chi connectivity index (χ2v) is 5.74. The third-order valence-corrected chi connectivity index (χ3v) is 3.75. The summed E-state index contributed by atoms with van der Waals surface area (Å²) in [7, 11) is 0. The minimum Gasteiger partial charge on any atom is -0.495 e. The van der Waals surface area contributed by atoms with E-state index >= 15 is 0 Å². The second-order valence-electron chi connectivity index (χ2n) is 4.24. The normalized spacial score (nSPS) is 19.3. The van der Waals surface area contributed by atoms with E-state index in [4.69, 9.17) is 15.2 Å². The number of rotatable bonds is 7. The summed E-state index contributed by atoms with van der Waals surface area (Å²) >= 11 is 2.05. The number of alkyl halides is 1. The molecule has 19 heavy (non-hydrogen) atoms. The van der Waals surface area contributed by atoms with Gasteiger partial charge in [-0.2, -0.15) is 0 Å². The van der Waals surface area contributed by atoms with Crippen LogP contribution in [0.25, 0.3) is 0 Å². The first kappa shape index (κ1) is 16.1. The Morgan fingerprint density at radius 2 is 2.37 bits per heavy atom. The third kappa shape index (κ3) is 7.24.